The van der Waals surface area contributed by atoms with Crippen LogP contribution in [0.2, 0.25) is 0 Å². The van der Waals surface area contributed by atoms with Gasteiger partial charge in [-0.1, -0.05) is 12.1 Å². The number of rotatable bonds is 6. The van der Waals surface area contributed by atoms with E-state index in [0.717, 1.165) is 9.75 Å². The van der Waals surface area contributed by atoms with Crippen LogP contribution in [0.15, 0.2) is 35.0 Å². The number of alkyl halides is 3. The minimum absolute atomic E-state index is 0.263. The van der Waals surface area contributed by atoms with Gasteiger partial charge < -0.3 is 0 Å². The van der Waals surface area contributed by atoms with Crippen molar-refractivity contribution in [3.05, 3.63) is 44.8 Å². The van der Waals surface area contributed by atoms with E-state index in [4.69, 9.17) is 0 Å². The SMILES string of the molecule is FC(F)(F)CONC(Cc1cccs1)c1cccs1. The van der Waals surface area contributed by atoms with Crippen molar-refractivity contribution >= 4 is 22.7 Å². The molecule has 0 spiro atoms. The van der Waals surface area contributed by atoms with Gasteiger partial charge in [-0.15, -0.1) is 22.7 Å². The highest BCUT2D eigenvalue weighted by Gasteiger charge is 2.28. The van der Waals surface area contributed by atoms with Gasteiger partial charge in [-0.25, -0.2) is 0 Å². The fraction of sp³-hybridized carbons (Fsp3) is 0.333. The van der Waals surface area contributed by atoms with Crippen LogP contribution in [0.3, 0.4) is 0 Å². The van der Waals surface area contributed by atoms with Crippen molar-refractivity contribution in [3.8, 4) is 0 Å². The van der Waals surface area contributed by atoms with E-state index in [-0.39, 0.29) is 6.04 Å². The molecule has 104 valence electrons. The highest BCUT2D eigenvalue weighted by Crippen LogP contribution is 2.25. The van der Waals surface area contributed by atoms with Gasteiger partial charge in [0, 0.05) is 16.2 Å². The zero-order chi connectivity index (χ0) is 13.7. The first-order chi connectivity index (χ1) is 9.04. The lowest BCUT2D eigenvalue weighted by molar-refractivity contribution is -0.193. The lowest BCUT2D eigenvalue weighted by atomic mass is 10.1. The Hall–Kier alpha value is -0.890. The third kappa shape index (κ3) is 4.94. The molecule has 0 fully saturated rings. The maximum absolute atomic E-state index is 12.1. The average molecular weight is 307 g/mol. The number of hydrogen-bond acceptors (Lipinski definition) is 4. The van der Waals surface area contributed by atoms with Crippen molar-refractivity contribution in [1.82, 2.24) is 5.48 Å². The van der Waals surface area contributed by atoms with Gasteiger partial charge in [0.2, 0.25) is 0 Å². The molecule has 0 radical (unpaired) electrons. The number of hydrogen-bond donors (Lipinski definition) is 1. The van der Waals surface area contributed by atoms with Gasteiger partial charge >= 0.3 is 6.18 Å². The first-order valence-corrected chi connectivity index (χ1v) is 7.30. The Bertz CT molecular complexity index is 468. The van der Waals surface area contributed by atoms with E-state index in [9.17, 15) is 13.2 Å². The number of nitrogens with one attached hydrogen (secondary N) is 1. The summed E-state index contributed by atoms with van der Waals surface area (Å²) < 4.78 is 36.2. The average Bonchev–Trinajstić information content (AvgIpc) is 2.99. The molecule has 0 aliphatic carbocycles. The molecule has 0 saturated heterocycles. The van der Waals surface area contributed by atoms with Crippen LogP contribution in [0.1, 0.15) is 15.8 Å². The molecule has 2 nitrogen and oxygen atoms in total. The third-order valence-electron chi connectivity index (χ3n) is 2.33. The fourth-order valence-corrected chi connectivity index (χ4v) is 3.06. The molecule has 0 aliphatic rings. The van der Waals surface area contributed by atoms with Crippen LogP contribution in [0.4, 0.5) is 13.2 Å². The summed E-state index contributed by atoms with van der Waals surface area (Å²) in [6.45, 7) is -1.29. The zero-order valence-electron chi connectivity index (χ0n) is 9.81. The monoisotopic (exact) mass is 307 g/mol. The Balaban J connectivity index is 1.95. The molecule has 0 saturated carbocycles. The molecule has 0 amide bonds. The fourth-order valence-electron chi connectivity index (χ4n) is 1.54. The molecule has 7 heteroatoms. The second kappa shape index (κ2) is 6.51. The molecule has 2 aromatic heterocycles. The van der Waals surface area contributed by atoms with Crippen LogP contribution in [0.5, 0.6) is 0 Å². The van der Waals surface area contributed by atoms with Crippen molar-refractivity contribution in [3.63, 3.8) is 0 Å². The first kappa shape index (κ1) is 14.5. The van der Waals surface area contributed by atoms with Gasteiger partial charge in [-0.05, 0) is 22.9 Å². The lowest BCUT2D eigenvalue weighted by Gasteiger charge is -2.17. The van der Waals surface area contributed by atoms with E-state index in [0.29, 0.717) is 6.42 Å². The molecule has 1 atom stereocenters. The van der Waals surface area contributed by atoms with E-state index in [2.05, 4.69) is 10.3 Å². The van der Waals surface area contributed by atoms with E-state index in [1.807, 2.05) is 35.0 Å². The molecule has 2 rings (SSSR count). The maximum atomic E-state index is 12.1. The minimum Gasteiger partial charge on any atom is -0.292 e. The lowest BCUT2D eigenvalue weighted by Crippen LogP contribution is -2.28. The molecule has 1 N–H and O–H groups in total. The highest BCUT2D eigenvalue weighted by molar-refractivity contribution is 7.10. The third-order valence-corrected chi connectivity index (χ3v) is 4.22. The maximum Gasteiger partial charge on any atom is 0.413 e. The summed E-state index contributed by atoms with van der Waals surface area (Å²) in [5.41, 5.74) is 2.51. The summed E-state index contributed by atoms with van der Waals surface area (Å²) in [4.78, 5) is 6.62. The largest absolute Gasteiger partial charge is 0.413 e. The normalized spacial score (nSPS) is 13.6. The van der Waals surface area contributed by atoms with E-state index in [1.54, 1.807) is 11.3 Å². The molecule has 0 aliphatic heterocycles. The van der Waals surface area contributed by atoms with Gasteiger partial charge in [0.05, 0.1) is 6.04 Å². The van der Waals surface area contributed by atoms with Gasteiger partial charge in [-0.3, -0.25) is 4.84 Å². The van der Waals surface area contributed by atoms with Crippen LogP contribution in [0.25, 0.3) is 0 Å². The summed E-state index contributed by atoms with van der Waals surface area (Å²) in [7, 11) is 0. The predicted molar refractivity (Wildman–Crippen MR) is 70.2 cm³/mol. The van der Waals surface area contributed by atoms with E-state index < -0.39 is 12.8 Å². The summed E-state index contributed by atoms with van der Waals surface area (Å²) in [6, 6.07) is 7.36. The van der Waals surface area contributed by atoms with Crippen LogP contribution in [0, 0.1) is 0 Å². The molecule has 0 aromatic carbocycles. The van der Waals surface area contributed by atoms with Crippen molar-refractivity contribution in [2.75, 3.05) is 6.61 Å². The quantitative estimate of drug-likeness (QED) is 0.809. The molecule has 2 heterocycles. The molecular weight excluding hydrogens is 295 g/mol. The van der Waals surface area contributed by atoms with Gasteiger partial charge in [0.1, 0.15) is 0 Å². The van der Waals surface area contributed by atoms with Crippen LogP contribution < -0.4 is 5.48 Å². The minimum atomic E-state index is -4.32. The van der Waals surface area contributed by atoms with Crippen LogP contribution in [-0.4, -0.2) is 12.8 Å². The van der Waals surface area contributed by atoms with Crippen LogP contribution in [-0.2, 0) is 11.3 Å². The summed E-state index contributed by atoms with van der Waals surface area (Å²) >= 11 is 3.07. The standard InChI is InChI=1S/C12H12F3NOS2/c13-12(14,15)8-17-16-10(11-4-2-6-19-11)7-9-3-1-5-18-9/h1-6,10,16H,7-8H2. The number of thiophene rings is 2. The number of hydroxylamine groups is 1. The Kier molecular flexibility index (Phi) is 4.98. The van der Waals surface area contributed by atoms with Crippen molar-refractivity contribution in [2.45, 2.75) is 18.6 Å². The Morgan fingerprint density at radius 2 is 1.89 bits per heavy atom. The van der Waals surface area contributed by atoms with Crippen molar-refractivity contribution < 1.29 is 18.0 Å². The Morgan fingerprint density at radius 1 is 1.16 bits per heavy atom. The first-order valence-electron chi connectivity index (χ1n) is 5.54. The van der Waals surface area contributed by atoms with Gasteiger partial charge in [-0.2, -0.15) is 18.7 Å². The second-order valence-electron chi connectivity index (χ2n) is 3.87. The highest BCUT2D eigenvalue weighted by atomic mass is 32.1. The Labute approximate surface area is 116 Å². The summed E-state index contributed by atoms with van der Waals surface area (Å²) in [6.07, 6.45) is -3.72. The van der Waals surface area contributed by atoms with Gasteiger partial charge in [0.25, 0.3) is 0 Å². The van der Waals surface area contributed by atoms with Crippen molar-refractivity contribution in [2.24, 2.45) is 0 Å². The molecule has 1 unspecified atom stereocenters. The molecule has 0 bridgehead atoms. The summed E-state index contributed by atoms with van der Waals surface area (Å²) in [5, 5.41) is 3.83. The smallest absolute Gasteiger partial charge is 0.292 e. The van der Waals surface area contributed by atoms with E-state index >= 15 is 0 Å². The van der Waals surface area contributed by atoms with Gasteiger partial charge in [0.15, 0.2) is 6.61 Å². The summed E-state index contributed by atoms with van der Waals surface area (Å²) in [5.74, 6) is 0. The number of halogens is 3. The molecule has 2 aromatic rings. The van der Waals surface area contributed by atoms with Crippen molar-refractivity contribution in [1.29, 1.82) is 0 Å². The van der Waals surface area contributed by atoms with Crippen LogP contribution >= 0.6 is 22.7 Å². The topological polar surface area (TPSA) is 21.3 Å². The predicted octanol–water partition coefficient (Wildman–Crippen LogP) is 4.18. The van der Waals surface area contributed by atoms with E-state index in [1.165, 1.54) is 11.3 Å². The zero-order valence-corrected chi connectivity index (χ0v) is 11.4. The Morgan fingerprint density at radius 3 is 2.47 bits per heavy atom. The molecular formula is C12H12F3NOS2. The second-order valence-corrected chi connectivity index (χ2v) is 5.88. The molecule has 19 heavy (non-hydrogen) atoms.